The van der Waals surface area contributed by atoms with Gasteiger partial charge in [0.1, 0.15) is 5.82 Å². The van der Waals surface area contributed by atoms with E-state index in [0.29, 0.717) is 5.82 Å². The van der Waals surface area contributed by atoms with E-state index >= 15 is 0 Å². The summed E-state index contributed by atoms with van der Waals surface area (Å²) in [5.74, 6) is 1.16. The van der Waals surface area contributed by atoms with Crippen molar-refractivity contribution in [1.29, 1.82) is 0 Å². The summed E-state index contributed by atoms with van der Waals surface area (Å²) < 4.78 is 2.17. The first kappa shape index (κ1) is 10.1. The van der Waals surface area contributed by atoms with E-state index in [1.165, 1.54) is 12.8 Å². The van der Waals surface area contributed by atoms with Gasteiger partial charge in [-0.05, 0) is 24.8 Å². The maximum absolute atomic E-state index is 10.6. The van der Waals surface area contributed by atoms with Crippen LogP contribution in [0.5, 0.6) is 0 Å². The zero-order valence-corrected chi connectivity index (χ0v) is 9.26. The highest BCUT2D eigenvalue weighted by Gasteiger charge is 2.22. The molecule has 0 saturated heterocycles. The maximum Gasteiger partial charge on any atom is 0.410 e. The van der Waals surface area contributed by atoms with Crippen molar-refractivity contribution in [3.05, 3.63) is 24.5 Å². The van der Waals surface area contributed by atoms with Gasteiger partial charge in [0.15, 0.2) is 0 Å². The molecule has 1 aliphatic rings. The van der Waals surface area contributed by atoms with E-state index in [2.05, 4.69) is 14.9 Å². The number of carbonyl (C=O) groups is 1. The molecule has 88 valence electrons. The fourth-order valence-corrected chi connectivity index (χ4v) is 2.00. The van der Waals surface area contributed by atoms with Crippen LogP contribution in [0, 0.1) is 5.92 Å². The van der Waals surface area contributed by atoms with Crippen molar-refractivity contribution in [2.45, 2.75) is 19.4 Å². The minimum atomic E-state index is -1.09. The number of amides is 1. The van der Waals surface area contributed by atoms with Gasteiger partial charge >= 0.3 is 6.09 Å². The standard InChI is InChI=1S/C12H13N3O2/c16-12(17)14-11-5-10-9(6-13-11)3-4-15(10)7-8-1-2-8/h3-6,8H,1-2,7H2,(H,13,14)(H,16,17). The van der Waals surface area contributed by atoms with Crippen LogP contribution in [-0.4, -0.2) is 20.8 Å². The highest BCUT2D eigenvalue weighted by molar-refractivity contribution is 5.87. The molecule has 0 unspecified atom stereocenters. The Morgan fingerprint density at radius 1 is 1.59 bits per heavy atom. The molecule has 0 spiro atoms. The van der Waals surface area contributed by atoms with Crippen LogP contribution in [0.25, 0.3) is 10.9 Å². The fraction of sp³-hybridized carbons (Fsp3) is 0.333. The summed E-state index contributed by atoms with van der Waals surface area (Å²) in [5.41, 5.74) is 1.04. The van der Waals surface area contributed by atoms with Crippen molar-refractivity contribution in [3.63, 3.8) is 0 Å². The molecule has 3 rings (SSSR count). The second-order valence-electron chi connectivity index (χ2n) is 4.47. The van der Waals surface area contributed by atoms with Crippen LogP contribution < -0.4 is 5.32 Å². The summed E-state index contributed by atoms with van der Waals surface area (Å²) in [7, 11) is 0. The third-order valence-corrected chi connectivity index (χ3v) is 3.04. The van der Waals surface area contributed by atoms with Gasteiger partial charge < -0.3 is 9.67 Å². The Hall–Kier alpha value is -2.04. The van der Waals surface area contributed by atoms with Crippen molar-refractivity contribution < 1.29 is 9.90 Å². The maximum atomic E-state index is 10.6. The molecule has 0 atom stereocenters. The Kier molecular flexibility index (Phi) is 2.24. The molecule has 5 nitrogen and oxygen atoms in total. The molecule has 0 radical (unpaired) electrons. The van der Waals surface area contributed by atoms with Gasteiger partial charge in [-0.15, -0.1) is 0 Å². The molecule has 2 aromatic heterocycles. The molecule has 0 bridgehead atoms. The van der Waals surface area contributed by atoms with Gasteiger partial charge in [0.05, 0.1) is 5.52 Å². The molecule has 0 aromatic carbocycles. The monoisotopic (exact) mass is 231 g/mol. The van der Waals surface area contributed by atoms with E-state index in [0.717, 1.165) is 23.4 Å². The fourth-order valence-electron chi connectivity index (χ4n) is 2.00. The Bertz CT molecular complexity index is 572. The smallest absolute Gasteiger partial charge is 0.410 e. The molecule has 17 heavy (non-hydrogen) atoms. The zero-order chi connectivity index (χ0) is 11.8. The first-order chi connectivity index (χ1) is 8.22. The van der Waals surface area contributed by atoms with Crippen LogP contribution >= 0.6 is 0 Å². The summed E-state index contributed by atoms with van der Waals surface area (Å²) in [5, 5.41) is 12.0. The highest BCUT2D eigenvalue weighted by atomic mass is 16.4. The van der Waals surface area contributed by atoms with Crippen molar-refractivity contribution in [1.82, 2.24) is 9.55 Å². The lowest BCUT2D eigenvalue weighted by molar-refractivity contribution is 0.209. The van der Waals surface area contributed by atoms with Gasteiger partial charge in [-0.2, -0.15) is 0 Å². The van der Waals surface area contributed by atoms with Crippen molar-refractivity contribution in [3.8, 4) is 0 Å². The number of rotatable bonds is 3. The Morgan fingerprint density at radius 3 is 3.12 bits per heavy atom. The molecule has 2 aromatic rings. The van der Waals surface area contributed by atoms with Crippen LogP contribution in [-0.2, 0) is 6.54 Å². The lowest BCUT2D eigenvalue weighted by Crippen LogP contribution is -2.08. The van der Waals surface area contributed by atoms with Gasteiger partial charge in [0, 0.05) is 30.4 Å². The zero-order valence-electron chi connectivity index (χ0n) is 9.26. The average Bonchev–Trinajstić information content (AvgIpc) is 3.00. The molecular weight excluding hydrogens is 218 g/mol. The number of hydrogen-bond donors (Lipinski definition) is 2. The molecule has 1 fully saturated rings. The molecule has 1 saturated carbocycles. The number of nitrogens with one attached hydrogen (secondary N) is 1. The van der Waals surface area contributed by atoms with E-state index < -0.39 is 6.09 Å². The summed E-state index contributed by atoms with van der Waals surface area (Å²) in [4.78, 5) is 14.6. The van der Waals surface area contributed by atoms with E-state index in [1.54, 1.807) is 12.3 Å². The number of pyridine rings is 1. The third-order valence-electron chi connectivity index (χ3n) is 3.04. The predicted molar refractivity (Wildman–Crippen MR) is 64.1 cm³/mol. The first-order valence-electron chi connectivity index (χ1n) is 5.67. The third kappa shape index (κ3) is 2.08. The van der Waals surface area contributed by atoms with Gasteiger partial charge in [0.2, 0.25) is 0 Å². The van der Waals surface area contributed by atoms with E-state index in [1.807, 2.05) is 12.3 Å². The number of carboxylic acid groups (broad SMARTS) is 1. The van der Waals surface area contributed by atoms with Crippen molar-refractivity contribution in [2.24, 2.45) is 5.92 Å². The highest BCUT2D eigenvalue weighted by Crippen LogP contribution is 2.32. The van der Waals surface area contributed by atoms with E-state index in [-0.39, 0.29) is 0 Å². The summed E-state index contributed by atoms with van der Waals surface area (Å²) in [6, 6.07) is 3.79. The van der Waals surface area contributed by atoms with E-state index in [4.69, 9.17) is 5.11 Å². The molecule has 0 aliphatic heterocycles. The van der Waals surface area contributed by atoms with Crippen LogP contribution in [0.15, 0.2) is 24.5 Å². The lowest BCUT2D eigenvalue weighted by Gasteiger charge is -2.05. The van der Waals surface area contributed by atoms with Crippen molar-refractivity contribution in [2.75, 3.05) is 5.32 Å². The molecule has 1 aliphatic carbocycles. The lowest BCUT2D eigenvalue weighted by atomic mass is 10.3. The molecule has 1 amide bonds. The number of fused-ring (bicyclic) bond motifs is 1. The van der Waals surface area contributed by atoms with Crippen LogP contribution in [0.3, 0.4) is 0 Å². The van der Waals surface area contributed by atoms with Crippen molar-refractivity contribution >= 4 is 22.8 Å². The van der Waals surface area contributed by atoms with Crippen LogP contribution in [0.4, 0.5) is 10.6 Å². The number of hydrogen-bond acceptors (Lipinski definition) is 2. The first-order valence-corrected chi connectivity index (χ1v) is 5.67. The second kappa shape index (κ2) is 3.76. The van der Waals surface area contributed by atoms with Gasteiger partial charge in [-0.3, -0.25) is 5.32 Å². The van der Waals surface area contributed by atoms with Gasteiger partial charge in [0.25, 0.3) is 0 Å². The number of anilines is 1. The Labute approximate surface area is 98.1 Å². The molecular formula is C12H13N3O2. The largest absolute Gasteiger partial charge is 0.465 e. The Balaban J connectivity index is 1.96. The second-order valence-corrected chi connectivity index (χ2v) is 4.47. The minimum absolute atomic E-state index is 0.376. The summed E-state index contributed by atoms with van der Waals surface area (Å²) in [6.45, 7) is 1.01. The molecule has 2 heterocycles. The van der Waals surface area contributed by atoms with Crippen LogP contribution in [0.2, 0.25) is 0 Å². The molecule has 5 heteroatoms. The SMILES string of the molecule is O=C(O)Nc1cc2c(ccn2CC2CC2)cn1. The van der Waals surface area contributed by atoms with Crippen LogP contribution in [0.1, 0.15) is 12.8 Å². The quantitative estimate of drug-likeness (QED) is 0.853. The predicted octanol–water partition coefficient (Wildman–Crippen LogP) is 2.54. The topological polar surface area (TPSA) is 67.2 Å². The number of aromatic nitrogens is 2. The van der Waals surface area contributed by atoms with Gasteiger partial charge in [-0.25, -0.2) is 9.78 Å². The summed E-state index contributed by atoms with van der Waals surface area (Å²) >= 11 is 0. The normalized spacial score (nSPS) is 15.1. The minimum Gasteiger partial charge on any atom is -0.465 e. The van der Waals surface area contributed by atoms with E-state index in [9.17, 15) is 4.79 Å². The average molecular weight is 231 g/mol. The number of nitrogens with zero attached hydrogens (tertiary/aromatic N) is 2. The Morgan fingerprint density at radius 2 is 2.41 bits per heavy atom. The summed E-state index contributed by atoms with van der Waals surface area (Å²) in [6.07, 6.45) is 5.24. The molecule has 2 N–H and O–H groups in total. The van der Waals surface area contributed by atoms with Gasteiger partial charge in [-0.1, -0.05) is 0 Å².